The van der Waals surface area contributed by atoms with Crippen LogP contribution < -0.4 is 16.0 Å². The van der Waals surface area contributed by atoms with Crippen LogP contribution in [-0.2, 0) is 0 Å². The lowest BCUT2D eigenvalue weighted by atomic mass is 10.1. The summed E-state index contributed by atoms with van der Waals surface area (Å²) >= 11 is 7.26. The van der Waals surface area contributed by atoms with Crippen molar-refractivity contribution in [3.8, 4) is 0 Å². The second-order valence-electron chi connectivity index (χ2n) is 7.09. The quantitative estimate of drug-likeness (QED) is 0.343. The standard InChI is InChI=1S/C20H15ClN6O3S/c1-8-6-22-15-14-9-2-5-13(26-17-10(19(29)30)7-23-20(21)27-17)25-11(9)3-4-12(14)31-16(15)18(28)24-8/h2-5,7-8,22H,6H2,1H3,(H,24,28)(H,29,30)(H,23,25,26,27). The van der Waals surface area contributed by atoms with Gasteiger partial charge in [0, 0.05) is 34.3 Å². The van der Waals surface area contributed by atoms with E-state index in [-0.39, 0.29) is 28.6 Å². The maximum absolute atomic E-state index is 12.6. The van der Waals surface area contributed by atoms with E-state index in [0.717, 1.165) is 27.4 Å². The molecule has 0 fully saturated rings. The predicted octanol–water partition coefficient (Wildman–Crippen LogP) is 3.88. The Morgan fingerprint density at radius 3 is 2.94 bits per heavy atom. The fraction of sp³-hybridized carbons (Fsp3) is 0.150. The Hall–Kier alpha value is -3.50. The largest absolute Gasteiger partial charge is 0.477 e. The van der Waals surface area contributed by atoms with Gasteiger partial charge in [-0.05, 0) is 42.8 Å². The van der Waals surface area contributed by atoms with Gasteiger partial charge in [-0.3, -0.25) is 4.79 Å². The molecule has 0 spiro atoms. The molecule has 1 unspecified atom stereocenters. The van der Waals surface area contributed by atoms with Gasteiger partial charge in [-0.15, -0.1) is 11.3 Å². The van der Waals surface area contributed by atoms with E-state index in [1.807, 2.05) is 25.1 Å². The molecule has 1 amide bonds. The van der Waals surface area contributed by atoms with Gasteiger partial charge in [-0.2, -0.15) is 4.98 Å². The van der Waals surface area contributed by atoms with Gasteiger partial charge >= 0.3 is 5.97 Å². The first-order valence-corrected chi connectivity index (χ1v) is 10.5. The van der Waals surface area contributed by atoms with Crippen molar-refractivity contribution in [2.24, 2.45) is 0 Å². The number of benzene rings is 1. The van der Waals surface area contributed by atoms with Crippen molar-refractivity contribution >= 4 is 73.1 Å². The highest BCUT2D eigenvalue weighted by atomic mass is 35.5. The number of thiophene rings is 1. The van der Waals surface area contributed by atoms with Crippen LogP contribution in [-0.4, -0.2) is 44.5 Å². The Labute approximate surface area is 184 Å². The van der Waals surface area contributed by atoms with Crippen LogP contribution in [0.5, 0.6) is 0 Å². The Morgan fingerprint density at radius 2 is 2.13 bits per heavy atom. The molecular weight excluding hydrogens is 440 g/mol. The molecule has 1 aliphatic heterocycles. The number of aromatic nitrogens is 3. The molecule has 4 aromatic rings. The normalized spacial score (nSPS) is 15.8. The van der Waals surface area contributed by atoms with Crippen LogP contribution in [0.1, 0.15) is 27.0 Å². The molecule has 156 valence electrons. The van der Waals surface area contributed by atoms with E-state index in [1.54, 1.807) is 6.07 Å². The second kappa shape index (κ2) is 7.33. The SMILES string of the molecule is CC1CNc2c(sc3ccc4nc(Nc5nc(Cl)ncc5C(=O)O)ccc4c23)C(=O)N1. The number of amides is 1. The summed E-state index contributed by atoms with van der Waals surface area (Å²) in [6.07, 6.45) is 1.14. The Bertz CT molecular complexity index is 1390. The maximum Gasteiger partial charge on any atom is 0.341 e. The molecule has 5 rings (SSSR count). The lowest BCUT2D eigenvalue weighted by molar-refractivity contribution is 0.0697. The van der Waals surface area contributed by atoms with Gasteiger partial charge in [-0.25, -0.2) is 14.8 Å². The fourth-order valence-electron chi connectivity index (χ4n) is 3.53. The van der Waals surface area contributed by atoms with Gasteiger partial charge in [0.15, 0.2) is 5.82 Å². The summed E-state index contributed by atoms with van der Waals surface area (Å²) in [6, 6.07) is 7.43. The molecule has 4 N–H and O–H groups in total. The molecule has 1 aromatic carbocycles. The van der Waals surface area contributed by atoms with Crippen LogP contribution in [0.3, 0.4) is 0 Å². The number of hydrogen-bond acceptors (Lipinski definition) is 8. The molecule has 0 aliphatic carbocycles. The number of pyridine rings is 1. The zero-order valence-corrected chi connectivity index (χ0v) is 17.6. The van der Waals surface area contributed by atoms with Gasteiger partial charge in [0.2, 0.25) is 5.28 Å². The summed E-state index contributed by atoms with van der Waals surface area (Å²) in [7, 11) is 0. The maximum atomic E-state index is 12.6. The molecule has 3 aromatic heterocycles. The first kappa shape index (κ1) is 19.5. The van der Waals surface area contributed by atoms with Gasteiger partial charge in [0.25, 0.3) is 5.91 Å². The summed E-state index contributed by atoms with van der Waals surface area (Å²) in [5.41, 5.74) is 1.38. The second-order valence-corrected chi connectivity index (χ2v) is 8.49. The zero-order chi connectivity index (χ0) is 21.7. The average Bonchev–Trinajstić information content (AvgIpc) is 3.04. The third-order valence-corrected chi connectivity index (χ3v) is 6.26. The minimum atomic E-state index is -1.18. The van der Waals surface area contributed by atoms with E-state index in [4.69, 9.17) is 11.6 Å². The van der Waals surface area contributed by atoms with E-state index < -0.39 is 5.97 Å². The van der Waals surface area contributed by atoms with E-state index in [0.29, 0.717) is 22.8 Å². The molecule has 0 saturated carbocycles. The number of carboxylic acids is 1. The summed E-state index contributed by atoms with van der Waals surface area (Å²) < 4.78 is 0.980. The molecule has 11 heteroatoms. The number of carboxylic acid groups (broad SMARTS) is 1. The Balaban J connectivity index is 1.61. The number of nitrogens with one attached hydrogen (secondary N) is 3. The summed E-state index contributed by atoms with van der Waals surface area (Å²) in [4.78, 5) is 36.9. The number of nitrogens with zero attached hydrogens (tertiary/aromatic N) is 3. The van der Waals surface area contributed by atoms with Crippen molar-refractivity contribution in [3.05, 3.63) is 46.2 Å². The minimum Gasteiger partial charge on any atom is -0.477 e. The van der Waals surface area contributed by atoms with Gasteiger partial charge < -0.3 is 21.1 Å². The first-order chi connectivity index (χ1) is 14.9. The molecular formula is C20H15ClN6O3S. The molecule has 31 heavy (non-hydrogen) atoms. The molecule has 4 heterocycles. The van der Waals surface area contributed by atoms with E-state index in [2.05, 4.69) is 30.9 Å². The van der Waals surface area contributed by atoms with Crippen LogP contribution in [0.4, 0.5) is 17.3 Å². The van der Waals surface area contributed by atoms with Gasteiger partial charge in [0.05, 0.1) is 11.2 Å². The lowest BCUT2D eigenvalue weighted by Crippen LogP contribution is -2.34. The monoisotopic (exact) mass is 454 g/mol. The van der Waals surface area contributed by atoms with Crippen LogP contribution in [0, 0.1) is 0 Å². The summed E-state index contributed by atoms with van der Waals surface area (Å²) in [5.74, 6) is -0.807. The van der Waals surface area contributed by atoms with Crippen molar-refractivity contribution < 1.29 is 14.7 Å². The number of rotatable bonds is 3. The van der Waals surface area contributed by atoms with Crippen molar-refractivity contribution in [2.45, 2.75) is 13.0 Å². The smallest absolute Gasteiger partial charge is 0.341 e. The van der Waals surface area contributed by atoms with Gasteiger partial charge in [0.1, 0.15) is 16.3 Å². The molecule has 0 saturated heterocycles. The predicted molar refractivity (Wildman–Crippen MR) is 120 cm³/mol. The molecule has 1 atom stereocenters. The Morgan fingerprint density at radius 1 is 1.29 bits per heavy atom. The highest BCUT2D eigenvalue weighted by Gasteiger charge is 2.24. The first-order valence-electron chi connectivity index (χ1n) is 9.34. The topological polar surface area (TPSA) is 129 Å². The number of aromatic carboxylic acids is 1. The highest BCUT2D eigenvalue weighted by Crippen LogP contribution is 2.41. The molecule has 0 radical (unpaired) electrons. The van der Waals surface area contributed by atoms with E-state index >= 15 is 0 Å². The number of carbonyl (C=O) groups excluding carboxylic acids is 1. The summed E-state index contributed by atoms with van der Waals surface area (Å²) in [5, 5.41) is 20.4. The number of fused-ring (bicyclic) bond motifs is 5. The minimum absolute atomic E-state index is 0.0224. The fourth-order valence-corrected chi connectivity index (χ4v) is 4.76. The zero-order valence-electron chi connectivity index (χ0n) is 16.1. The third-order valence-electron chi connectivity index (χ3n) is 4.93. The van der Waals surface area contributed by atoms with E-state index in [9.17, 15) is 14.7 Å². The Kier molecular flexibility index (Phi) is 4.60. The number of anilines is 3. The third kappa shape index (κ3) is 3.39. The van der Waals surface area contributed by atoms with Crippen LogP contribution in [0.2, 0.25) is 5.28 Å². The van der Waals surface area contributed by atoms with Crippen molar-refractivity contribution in [1.29, 1.82) is 0 Å². The average molecular weight is 455 g/mol. The number of halogens is 1. The van der Waals surface area contributed by atoms with Crippen LogP contribution in [0.25, 0.3) is 21.0 Å². The molecule has 1 aliphatic rings. The number of hydrogen-bond donors (Lipinski definition) is 4. The molecule has 9 nitrogen and oxygen atoms in total. The van der Waals surface area contributed by atoms with Crippen LogP contribution >= 0.6 is 22.9 Å². The van der Waals surface area contributed by atoms with Gasteiger partial charge in [-0.1, -0.05) is 0 Å². The van der Waals surface area contributed by atoms with E-state index in [1.165, 1.54) is 11.3 Å². The molecule has 0 bridgehead atoms. The lowest BCUT2D eigenvalue weighted by Gasteiger charge is -2.11. The van der Waals surface area contributed by atoms with Crippen molar-refractivity contribution in [2.75, 3.05) is 17.2 Å². The highest BCUT2D eigenvalue weighted by molar-refractivity contribution is 7.21. The summed E-state index contributed by atoms with van der Waals surface area (Å²) in [6.45, 7) is 2.58. The number of carbonyl (C=O) groups is 2. The van der Waals surface area contributed by atoms with Crippen molar-refractivity contribution in [1.82, 2.24) is 20.3 Å². The van der Waals surface area contributed by atoms with Crippen LogP contribution in [0.15, 0.2) is 30.5 Å². The van der Waals surface area contributed by atoms with Crippen molar-refractivity contribution in [3.63, 3.8) is 0 Å².